The van der Waals surface area contributed by atoms with Gasteiger partial charge in [0, 0.05) is 17.3 Å². The molecule has 0 bridgehead atoms. The lowest BCUT2D eigenvalue weighted by Gasteiger charge is -2.64. The first-order valence-electron chi connectivity index (χ1n) is 11.6. The summed E-state index contributed by atoms with van der Waals surface area (Å²) in [5, 5.41) is 23.5. The van der Waals surface area contributed by atoms with Gasteiger partial charge in [-0.15, -0.1) is 0 Å². The summed E-state index contributed by atoms with van der Waals surface area (Å²) < 4.78 is 4.38. The average Bonchev–Trinajstić information content (AvgIpc) is 2.94. The minimum atomic E-state index is -1.68. The Morgan fingerprint density at radius 3 is 2.62 bits per heavy atom. The Kier molecular flexibility index (Phi) is 5.66. The van der Waals surface area contributed by atoms with Gasteiger partial charge in [-0.2, -0.15) is 0 Å². The first kappa shape index (κ1) is 23.8. The molecule has 4 aliphatic rings. The number of halogens is 1. The Bertz CT molecular complexity index is 925. The molecule has 2 N–H and O–H groups in total. The van der Waals surface area contributed by atoms with Crippen molar-refractivity contribution in [2.45, 2.75) is 75.8 Å². The van der Waals surface area contributed by atoms with E-state index in [-0.39, 0.29) is 36.4 Å². The lowest BCUT2D eigenvalue weighted by molar-refractivity contribution is -0.181. The monoisotopic (exact) mass is 508 g/mol. The number of carbonyl (C=O) groups excluding carboxylic acids is 3. The molecule has 0 aromatic carbocycles. The van der Waals surface area contributed by atoms with Crippen molar-refractivity contribution in [1.82, 2.24) is 0 Å². The lowest BCUT2D eigenvalue weighted by atomic mass is 9.46. The maximum absolute atomic E-state index is 13.3. The van der Waals surface area contributed by atoms with Gasteiger partial charge in [0.15, 0.2) is 12.4 Å². The fourth-order valence-electron chi connectivity index (χ4n) is 7.50. The second-order valence-corrected chi connectivity index (χ2v) is 11.9. The predicted octanol–water partition coefficient (Wildman–Crippen LogP) is 3.28. The second kappa shape index (κ2) is 7.60. The molecular weight excluding hydrogens is 476 g/mol. The number of carbonyl (C=O) groups is 3. The highest BCUT2D eigenvalue weighted by Gasteiger charge is 2.74. The van der Waals surface area contributed by atoms with Crippen molar-refractivity contribution in [3.05, 3.63) is 23.8 Å². The fourth-order valence-corrected chi connectivity index (χ4v) is 8.60. The van der Waals surface area contributed by atoms with E-state index < -0.39 is 45.2 Å². The van der Waals surface area contributed by atoms with Gasteiger partial charge in [-0.05, 0) is 55.6 Å². The van der Waals surface area contributed by atoms with Crippen LogP contribution < -0.4 is 0 Å². The van der Waals surface area contributed by atoms with Crippen LogP contribution in [0.4, 0.5) is 0 Å². The molecule has 176 valence electrons. The van der Waals surface area contributed by atoms with Crippen LogP contribution in [0.15, 0.2) is 23.8 Å². The molecular formula is C25H33BrO6. The summed E-state index contributed by atoms with van der Waals surface area (Å²) >= 11 is 3.98. The van der Waals surface area contributed by atoms with E-state index in [1.807, 2.05) is 19.9 Å². The topological polar surface area (TPSA) is 101 Å². The normalized spacial score (nSPS) is 47.2. The van der Waals surface area contributed by atoms with E-state index in [4.69, 9.17) is 4.74 Å². The summed E-state index contributed by atoms with van der Waals surface area (Å²) in [6.07, 6.45) is 6.87. The molecule has 0 amide bonds. The third-order valence-electron chi connectivity index (χ3n) is 9.30. The first-order chi connectivity index (χ1) is 14.9. The highest BCUT2D eigenvalue weighted by Crippen LogP contribution is 2.71. The second-order valence-electron chi connectivity index (χ2n) is 10.6. The molecule has 0 spiro atoms. The zero-order valence-electron chi connectivity index (χ0n) is 19.2. The van der Waals surface area contributed by atoms with Crippen molar-refractivity contribution in [2.24, 2.45) is 28.6 Å². The van der Waals surface area contributed by atoms with E-state index in [9.17, 15) is 24.6 Å². The number of aliphatic hydroxyl groups excluding tert-OH is 1. The van der Waals surface area contributed by atoms with Crippen molar-refractivity contribution in [1.29, 1.82) is 0 Å². The van der Waals surface area contributed by atoms with Crippen molar-refractivity contribution in [3.8, 4) is 0 Å². The average molecular weight is 509 g/mol. The Labute approximate surface area is 197 Å². The van der Waals surface area contributed by atoms with Gasteiger partial charge in [-0.1, -0.05) is 55.3 Å². The van der Waals surface area contributed by atoms with Gasteiger partial charge in [-0.25, -0.2) is 0 Å². The van der Waals surface area contributed by atoms with Crippen LogP contribution in [0.25, 0.3) is 0 Å². The van der Waals surface area contributed by atoms with Crippen LogP contribution in [0.3, 0.4) is 0 Å². The number of ether oxygens (including phenoxy) is 1. The number of fused-ring (bicyclic) bond motifs is 5. The maximum atomic E-state index is 13.3. The van der Waals surface area contributed by atoms with E-state index in [0.29, 0.717) is 6.42 Å². The van der Waals surface area contributed by atoms with Crippen LogP contribution in [0.5, 0.6) is 0 Å². The van der Waals surface area contributed by atoms with Gasteiger partial charge in [0.2, 0.25) is 5.78 Å². The summed E-state index contributed by atoms with van der Waals surface area (Å²) in [5.41, 5.74) is -2.05. The summed E-state index contributed by atoms with van der Waals surface area (Å²) in [6, 6.07) is 0. The molecule has 0 unspecified atom stereocenters. The largest absolute Gasteiger partial charge is 0.458 e. The first-order valence-corrected chi connectivity index (χ1v) is 12.4. The Hall–Kier alpha value is -1.31. The SMILES string of the molecule is CCC(=O)OCC(=O)[C@@]1(O)[C@@H](C)C[C@H]2[C@@H]3CCC4=CC(=O)C=C[C@]4(C)[C@@]3(Br)[C@@H](O)C[C@@]21C. The van der Waals surface area contributed by atoms with Gasteiger partial charge in [0.1, 0.15) is 5.60 Å². The minimum Gasteiger partial charge on any atom is -0.458 e. The zero-order chi connectivity index (χ0) is 23.7. The van der Waals surface area contributed by atoms with Crippen molar-refractivity contribution >= 4 is 33.5 Å². The van der Waals surface area contributed by atoms with Crippen LogP contribution in [0, 0.1) is 28.6 Å². The summed E-state index contributed by atoms with van der Waals surface area (Å²) in [6.45, 7) is 7.05. The lowest BCUT2D eigenvalue weighted by Crippen LogP contribution is -2.68. The van der Waals surface area contributed by atoms with Crippen LogP contribution >= 0.6 is 15.9 Å². The third-order valence-corrected chi connectivity index (χ3v) is 11.2. The van der Waals surface area contributed by atoms with E-state index in [1.54, 1.807) is 19.1 Å². The van der Waals surface area contributed by atoms with Crippen molar-refractivity contribution in [2.75, 3.05) is 6.61 Å². The number of esters is 1. The number of rotatable bonds is 4. The summed E-state index contributed by atoms with van der Waals surface area (Å²) in [7, 11) is 0. The Morgan fingerprint density at radius 1 is 1.28 bits per heavy atom. The van der Waals surface area contributed by atoms with E-state index >= 15 is 0 Å². The van der Waals surface area contributed by atoms with Crippen LogP contribution in [-0.4, -0.2) is 50.4 Å². The quantitative estimate of drug-likeness (QED) is 0.446. The number of aliphatic hydroxyl groups is 2. The molecule has 0 saturated heterocycles. The standard InChI is InChI=1S/C25H33BrO6/c1-5-21(30)32-13-20(29)25(31)14(2)10-18-17-7-6-15-11-16(27)8-9-22(15,3)24(17,26)19(28)12-23(18,25)4/h8-9,11,14,17-19,28,31H,5-7,10,12-13H2,1-4H3/t14-,17-,18-,19-,22-,23-,24-,25-/m0/s1. The molecule has 0 aromatic heterocycles. The number of hydrogen-bond acceptors (Lipinski definition) is 6. The van der Waals surface area contributed by atoms with Gasteiger partial charge < -0.3 is 14.9 Å². The highest BCUT2D eigenvalue weighted by molar-refractivity contribution is 9.10. The molecule has 4 aliphatic carbocycles. The highest BCUT2D eigenvalue weighted by atomic mass is 79.9. The molecule has 7 heteroatoms. The van der Waals surface area contributed by atoms with Gasteiger partial charge in [0.05, 0.1) is 10.4 Å². The molecule has 8 atom stereocenters. The predicted molar refractivity (Wildman–Crippen MR) is 122 cm³/mol. The number of ketones is 2. The third kappa shape index (κ3) is 2.86. The molecule has 6 nitrogen and oxygen atoms in total. The van der Waals surface area contributed by atoms with Crippen LogP contribution in [-0.2, 0) is 19.1 Å². The van der Waals surface area contributed by atoms with Crippen LogP contribution in [0.2, 0.25) is 0 Å². The smallest absolute Gasteiger partial charge is 0.305 e. The number of hydrogen-bond donors (Lipinski definition) is 2. The van der Waals surface area contributed by atoms with Gasteiger partial charge in [0.25, 0.3) is 0 Å². The summed E-state index contributed by atoms with van der Waals surface area (Å²) in [5.74, 6) is -1.34. The van der Waals surface area contributed by atoms with Crippen molar-refractivity contribution in [3.63, 3.8) is 0 Å². The zero-order valence-corrected chi connectivity index (χ0v) is 20.8. The van der Waals surface area contributed by atoms with E-state index in [1.165, 1.54) is 0 Å². The Balaban J connectivity index is 1.73. The van der Waals surface area contributed by atoms with E-state index in [0.717, 1.165) is 18.4 Å². The summed E-state index contributed by atoms with van der Waals surface area (Å²) in [4.78, 5) is 36.9. The molecule has 4 rings (SSSR count). The molecule has 3 fully saturated rings. The van der Waals surface area contributed by atoms with Gasteiger partial charge >= 0.3 is 5.97 Å². The molecule has 0 aliphatic heterocycles. The molecule has 0 aromatic rings. The van der Waals surface area contributed by atoms with Gasteiger partial charge in [-0.3, -0.25) is 14.4 Å². The van der Waals surface area contributed by atoms with E-state index in [2.05, 4.69) is 22.9 Å². The Morgan fingerprint density at radius 2 is 1.97 bits per heavy atom. The maximum Gasteiger partial charge on any atom is 0.305 e. The molecule has 0 radical (unpaired) electrons. The van der Waals surface area contributed by atoms with Crippen molar-refractivity contribution < 1.29 is 29.3 Å². The minimum absolute atomic E-state index is 0.00119. The van der Waals surface area contributed by atoms with Crippen LogP contribution in [0.1, 0.15) is 59.8 Å². The fraction of sp³-hybridized carbons (Fsp3) is 0.720. The number of alkyl halides is 1. The molecule has 0 heterocycles. The molecule has 32 heavy (non-hydrogen) atoms. The molecule has 3 saturated carbocycles. The number of allylic oxidation sites excluding steroid dienone is 4. The number of Topliss-reactive ketones (excluding diaryl/α,β-unsaturated/α-hetero) is 1.